The molecule has 0 fully saturated rings. The lowest BCUT2D eigenvalue weighted by atomic mass is 10.4. The van der Waals surface area contributed by atoms with Crippen molar-refractivity contribution in [3.8, 4) is 0 Å². The number of rotatable bonds is 6. The molecule has 0 rings (SSSR count). The SMILES string of the molecule is CCN(CC)CCCN=C(N)N. The van der Waals surface area contributed by atoms with Crippen molar-refractivity contribution in [2.75, 3.05) is 26.2 Å². The molecule has 0 spiro atoms. The van der Waals surface area contributed by atoms with Crippen molar-refractivity contribution in [2.45, 2.75) is 20.3 Å². The van der Waals surface area contributed by atoms with Crippen molar-refractivity contribution in [1.29, 1.82) is 0 Å². The second kappa shape index (κ2) is 6.91. The maximum absolute atomic E-state index is 5.19. The molecule has 0 radical (unpaired) electrons. The maximum Gasteiger partial charge on any atom is 0.185 e. The Labute approximate surface area is 74.6 Å². The fourth-order valence-electron chi connectivity index (χ4n) is 1.04. The molecule has 0 saturated carbocycles. The second-order valence-corrected chi connectivity index (χ2v) is 2.69. The zero-order chi connectivity index (χ0) is 9.40. The van der Waals surface area contributed by atoms with Crippen molar-refractivity contribution >= 4 is 5.96 Å². The molecule has 0 aliphatic heterocycles. The summed E-state index contributed by atoms with van der Waals surface area (Å²) in [7, 11) is 0. The molecule has 4 nitrogen and oxygen atoms in total. The van der Waals surface area contributed by atoms with E-state index >= 15 is 0 Å². The van der Waals surface area contributed by atoms with Crippen molar-refractivity contribution in [3.05, 3.63) is 0 Å². The third kappa shape index (κ3) is 5.97. The van der Waals surface area contributed by atoms with Gasteiger partial charge in [0.2, 0.25) is 0 Å². The first-order valence-electron chi connectivity index (χ1n) is 4.48. The molecule has 0 unspecified atom stereocenters. The second-order valence-electron chi connectivity index (χ2n) is 2.69. The first kappa shape index (κ1) is 11.2. The Morgan fingerprint density at radius 2 is 1.83 bits per heavy atom. The Morgan fingerprint density at radius 1 is 1.25 bits per heavy atom. The van der Waals surface area contributed by atoms with Gasteiger partial charge in [-0.15, -0.1) is 0 Å². The molecule has 0 atom stereocenters. The van der Waals surface area contributed by atoms with Crippen LogP contribution in [0.2, 0.25) is 0 Å². The van der Waals surface area contributed by atoms with E-state index in [4.69, 9.17) is 11.5 Å². The Morgan fingerprint density at radius 3 is 2.25 bits per heavy atom. The summed E-state index contributed by atoms with van der Waals surface area (Å²) in [6.45, 7) is 8.31. The summed E-state index contributed by atoms with van der Waals surface area (Å²) >= 11 is 0. The molecule has 72 valence electrons. The fourth-order valence-corrected chi connectivity index (χ4v) is 1.04. The molecule has 4 heteroatoms. The molecule has 0 aromatic carbocycles. The van der Waals surface area contributed by atoms with E-state index in [1.807, 2.05) is 0 Å². The molecule has 0 aliphatic rings. The minimum Gasteiger partial charge on any atom is -0.370 e. The minimum atomic E-state index is 0.189. The Balaban J connectivity index is 3.35. The fraction of sp³-hybridized carbons (Fsp3) is 0.875. The molecule has 12 heavy (non-hydrogen) atoms. The van der Waals surface area contributed by atoms with E-state index in [1.54, 1.807) is 0 Å². The van der Waals surface area contributed by atoms with Crippen LogP contribution in [-0.4, -0.2) is 37.0 Å². The van der Waals surface area contributed by atoms with E-state index in [2.05, 4.69) is 23.7 Å². The van der Waals surface area contributed by atoms with E-state index in [1.165, 1.54) is 0 Å². The van der Waals surface area contributed by atoms with Gasteiger partial charge in [-0.05, 0) is 26.1 Å². The van der Waals surface area contributed by atoms with Crippen LogP contribution in [-0.2, 0) is 0 Å². The van der Waals surface area contributed by atoms with Gasteiger partial charge in [-0.1, -0.05) is 13.8 Å². The van der Waals surface area contributed by atoms with Crippen LogP contribution >= 0.6 is 0 Å². The van der Waals surface area contributed by atoms with Crippen LogP contribution in [0.25, 0.3) is 0 Å². The highest BCUT2D eigenvalue weighted by molar-refractivity contribution is 5.75. The van der Waals surface area contributed by atoms with Crippen molar-refractivity contribution < 1.29 is 0 Å². The molecular weight excluding hydrogens is 152 g/mol. The van der Waals surface area contributed by atoms with Crippen LogP contribution < -0.4 is 11.5 Å². The number of hydrogen-bond acceptors (Lipinski definition) is 2. The highest BCUT2D eigenvalue weighted by atomic mass is 15.1. The summed E-state index contributed by atoms with van der Waals surface area (Å²) in [6, 6.07) is 0. The predicted molar refractivity (Wildman–Crippen MR) is 53.1 cm³/mol. The Kier molecular flexibility index (Phi) is 6.47. The van der Waals surface area contributed by atoms with Gasteiger partial charge in [-0.3, -0.25) is 4.99 Å². The van der Waals surface area contributed by atoms with Gasteiger partial charge in [0.1, 0.15) is 0 Å². The normalized spacial score (nSPS) is 10.2. The lowest BCUT2D eigenvalue weighted by Crippen LogP contribution is -2.26. The Bertz CT molecular complexity index is 125. The van der Waals surface area contributed by atoms with Gasteiger partial charge in [0.25, 0.3) is 0 Å². The standard InChI is InChI=1S/C8H20N4/c1-3-12(4-2)7-5-6-11-8(9)10/h3-7H2,1-2H3,(H4,9,10,11). The largest absolute Gasteiger partial charge is 0.370 e. The third-order valence-electron chi connectivity index (χ3n) is 1.82. The molecule has 0 heterocycles. The summed E-state index contributed by atoms with van der Waals surface area (Å²) in [5.41, 5.74) is 10.4. The number of nitrogens with two attached hydrogens (primary N) is 2. The minimum absolute atomic E-state index is 0.189. The molecule has 0 aliphatic carbocycles. The topological polar surface area (TPSA) is 67.6 Å². The maximum atomic E-state index is 5.19. The van der Waals surface area contributed by atoms with E-state index in [-0.39, 0.29) is 5.96 Å². The average molecular weight is 172 g/mol. The van der Waals surface area contributed by atoms with Crippen molar-refractivity contribution in [1.82, 2.24) is 4.90 Å². The van der Waals surface area contributed by atoms with Crippen molar-refractivity contribution in [3.63, 3.8) is 0 Å². The van der Waals surface area contributed by atoms with Crippen LogP contribution in [0, 0.1) is 0 Å². The number of nitrogens with zero attached hydrogens (tertiary/aromatic N) is 2. The first-order valence-corrected chi connectivity index (χ1v) is 4.48. The molecule has 0 bridgehead atoms. The highest BCUT2D eigenvalue weighted by Crippen LogP contribution is 1.90. The third-order valence-corrected chi connectivity index (χ3v) is 1.82. The van der Waals surface area contributed by atoms with E-state index < -0.39 is 0 Å². The summed E-state index contributed by atoms with van der Waals surface area (Å²) in [4.78, 5) is 6.26. The van der Waals surface area contributed by atoms with Gasteiger partial charge in [-0.2, -0.15) is 0 Å². The first-order chi connectivity index (χ1) is 5.70. The van der Waals surface area contributed by atoms with Gasteiger partial charge >= 0.3 is 0 Å². The summed E-state index contributed by atoms with van der Waals surface area (Å²) in [5, 5.41) is 0. The highest BCUT2D eigenvalue weighted by Gasteiger charge is 1.96. The van der Waals surface area contributed by atoms with Gasteiger partial charge < -0.3 is 16.4 Å². The van der Waals surface area contributed by atoms with Gasteiger partial charge in [0, 0.05) is 6.54 Å². The lowest BCUT2D eigenvalue weighted by Gasteiger charge is -2.16. The van der Waals surface area contributed by atoms with Crippen LogP contribution in [0.15, 0.2) is 4.99 Å². The number of aliphatic imine (C=N–C) groups is 1. The lowest BCUT2D eigenvalue weighted by molar-refractivity contribution is 0.302. The molecular formula is C8H20N4. The van der Waals surface area contributed by atoms with Gasteiger partial charge in [-0.25, -0.2) is 0 Å². The summed E-state index contributed by atoms with van der Waals surface area (Å²) in [6.07, 6.45) is 1.03. The van der Waals surface area contributed by atoms with Crippen LogP contribution in [0.4, 0.5) is 0 Å². The van der Waals surface area contributed by atoms with Gasteiger partial charge in [0.05, 0.1) is 0 Å². The monoisotopic (exact) mass is 172 g/mol. The number of guanidine groups is 1. The quantitative estimate of drug-likeness (QED) is 0.336. The van der Waals surface area contributed by atoms with Crippen LogP contribution in [0.5, 0.6) is 0 Å². The summed E-state index contributed by atoms with van der Waals surface area (Å²) < 4.78 is 0. The smallest absolute Gasteiger partial charge is 0.185 e. The van der Waals surface area contributed by atoms with Gasteiger partial charge in [0.15, 0.2) is 5.96 Å². The van der Waals surface area contributed by atoms with Crippen LogP contribution in [0.1, 0.15) is 20.3 Å². The molecule has 0 aromatic rings. The van der Waals surface area contributed by atoms with E-state index in [0.29, 0.717) is 0 Å². The summed E-state index contributed by atoms with van der Waals surface area (Å²) in [5.74, 6) is 0.189. The van der Waals surface area contributed by atoms with E-state index in [0.717, 1.165) is 32.6 Å². The van der Waals surface area contributed by atoms with Crippen molar-refractivity contribution in [2.24, 2.45) is 16.5 Å². The predicted octanol–water partition coefficient (Wildman–Crippen LogP) is -0.00830. The molecule has 0 amide bonds. The van der Waals surface area contributed by atoms with Crippen LogP contribution in [0.3, 0.4) is 0 Å². The molecule has 4 N–H and O–H groups in total. The molecule has 0 aromatic heterocycles. The average Bonchev–Trinajstić information content (AvgIpc) is 2.04. The van der Waals surface area contributed by atoms with E-state index in [9.17, 15) is 0 Å². The Hall–Kier alpha value is -0.770. The zero-order valence-electron chi connectivity index (χ0n) is 8.08. The molecule has 0 saturated heterocycles. The number of hydrogen-bond donors (Lipinski definition) is 2. The zero-order valence-corrected chi connectivity index (χ0v) is 8.08.